The van der Waals surface area contributed by atoms with E-state index >= 15 is 0 Å². The molecule has 1 amide bonds. The van der Waals surface area contributed by atoms with Gasteiger partial charge in [0.15, 0.2) is 6.10 Å². The number of carbonyl (C=O) groups excluding carboxylic acids is 1. The summed E-state index contributed by atoms with van der Waals surface area (Å²) in [7, 11) is 1.66. The van der Waals surface area contributed by atoms with Gasteiger partial charge in [0.2, 0.25) is 0 Å². The Morgan fingerprint density at radius 1 is 1.00 bits per heavy atom. The molecule has 0 radical (unpaired) electrons. The summed E-state index contributed by atoms with van der Waals surface area (Å²) in [4.78, 5) is 17.0. The normalized spacial score (nSPS) is 15.4. The average Bonchev–Trinajstić information content (AvgIpc) is 2.73. The van der Waals surface area contributed by atoms with Crippen molar-refractivity contribution in [1.29, 1.82) is 0 Å². The molecule has 1 atom stereocenters. The third-order valence-electron chi connectivity index (χ3n) is 4.77. The van der Waals surface area contributed by atoms with Crippen molar-refractivity contribution in [3.63, 3.8) is 0 Å². The predicted molar refractivity (Wildman–Crippen MR) is 108 cm³/mol. The number of benzene rings is 2. The molecule has 0 spiro atoms. The molecule has 5 nitrogen and oxygen atoms in total. The van der Waals surface area contributed by atoms with E-state index in [0.29, 0.717) is 30.3 Å². The molecular formula is C21H25ClN2O3. The highest BCUT2D eigenvalue weighted by Crippen LogP contribution is 2.22. The van der Waals surface area contributed by atoms with Crippen molar-refractivity contribution in [3.05, 3.63) is 53.6 Å². The van der Waals surface area contributed by atoms with Gasteiger partial charge in [-0.1, -0.05) is 18.5 Å². The SMILES string of the molecule is CC[C@@H](Oc1ccc(Cl)cc1)C(=O)N1CCN(c2ccc(OC)cc2)CC1. The summed E-state index contributed by atoms with van der Waals surface area (Å²) in [6.07, 6.45) is 0.152. The smallest absolute Gasteiger partial charge is 0.263 e. The van der Waals surface area contributed by atoms with Crippen LogP contribution in [0.3, 0.4) is 0 Å². The third-order valence-corrected chi connectivity index (χ3v) is 5.02. The third kappa shape index (κ3) is 4.86. The summed E-state index contributed by atoms with van der Waals surface area (Å²) < 4.78 is 11.1. The van der Waals surface area contributed by atoms with E-state index in [1.165, 1.54) is 0 Å². The van der Waals surface area contributed by atoms with Crippen LogP contribution in [0.4, 0.5) is 5.69 Å². The number of ether oxygens (including phenoxy) is 2. The topological polar surface area (TPSA) is 42.0 Å². The second kappa shape index (κ2) is 9.00. The van der Waals surface area contributed by atoms with Gasteiger partial charge in [0.25, 0.3) is 5.91 Å². The van der Waals surface area contributed by atoms with Crippen LogP contribution in [0.1, 0.15) is 13.3 Å². The van der Waals surface area contributed by atoms with E-state index in [-0.39, 0.29) is 5.91 Å². The number of rotatable bonds is 6. The molecule has 0 saturated carbocycles. The molecule has 2 aromatic rings. The van der Waals surface area contributed by atoms with Crippen LogP contribution >= 0.6 is 11.6 Å². The largest absolute Gasteiger partial charge is 0.497 e. The molecule has 0 unspecified atom stereocenters. The Bertz CT molecular complexity index is 741. The van der Waals surface area contributed by atoms with Crippen molar-refractivity contribution in [3.8, 4) is 11.5 Å². The van der Waals surface area contributed by atoms with E-state index in [1.807, 2.05) is 24.0 Å². The number of methoxy groups -OCH3 is 1. The lowest BCUT2D eigenvalue weighted by Crippen LogP contribution is -2.52. The number of carbonyl (C=O) groups is 1. The van der Waals surface area contributed by atoms with Crippen molar-refractivity contribution < 1.29 is 14.3 Å². The molecule has 1 heterocycles. The van der Waals surface area contributed by atoms with E-state index < -0.39 is 6.10 Å². The van der Waals surface area contributed by atoms with Gasteiger partial charge in [0.1, 0.15) is 11.5 Å². The monoisotopic (exact) mass is 388 g/mol. The van der Waals surface area contributed by atoms with Gasteiger partial charge in [-0.3, -0.25) is 4.79 Å². The first kappa shape index (κ1) is 19.4. The lowest BCUT2D eigenvalue weighted by Gasteiger charge is -2.37. The van der Waals surface area contributed by atoms with Gasteiger partial charge < -0.3 is 19.3 Å². The number of hydrogen-bond acceptors (Lipinski definition) is 4. The van der Waals surface area contributed by atoms with Gasteiger partial charge in [-0.2, -0.15) is 0 Å². The fraction of sp³-hybridized carbons (Fsp3) is 0.381. The van der Waals surface area contributed by atoms with Gasteiger partial charge in [-0.25, -0.2) is 0 Å². The Labute approximate surface area is 165 Å². The summed E-state index contributed by atoms with van der Waals surface area (Å²) in [5, 5.41) is 0.649. The van der Waals surface area contributed by atoms with Crippen LogP contribution in [0.25, 0.3) is 0 Å². The zero-order valence-corrected chi connectivity index (χ0v) is 16.5. The summed E-state index contributed by atoms with van der Waals surface area (Å²) in [5.41, 5.74) is 1.15. The molecule has 1 saturated heterocycles. The summed E-state index contributed by atoms with van der Waals surface area (Å²) in [5.74, 6) is 1.55. The van der Waals surface area contributed by atoms with Crippen molar-refractivity contribution in [2.45, 2.75) is 19.4 Å². The van der Waals surface area contributed by atoms with Gasteiger partial charge in [0, 0.05) is 36.9 Å². The minimum absolute atomic E-state index is 0.0434. The first-order chi connectivity index (χ1) is 13.1. The van der Waals surface area contributed by atoms with Crippen LogP contribution in [-0.4, -0.2) is 50.2 Å². The molecular weight excluding hydrogens is 364 g/mol. The Kier molecular flexibility index (Phi) is 6.45. The summed E-state index contributed by atoms with van der Waals surface area (Å²) >= 11 is 5.91. The molecule has 0 N–H and O–H groups in total. The summed E-state index contributed by atoms with van der Waals surface area (Å²) in [6.45, 7) is 4.94. The van der Waals surface area contributed by atoms with E-state index in [0.717, 1.165) is 24.5 Å². The number of halogens is 1. The van der Waals surface area contributed by atoms with E-state index in [9.17, 15) is 4.79 Å². The average molecular weight is 389 g/mol. The predicted octanol–water partition coefficient (Wildman–Crippen LogP) is 3.85. The highest BCUT2D eigenvalue weighted by molar-refractivity contribution is 6.30. The highest BCUT2D eigenvalue weighted by Gasteiger charge is 2.28. The standard InChI is InChI=1S/C21H25ClN2O3/c1-3-20(27-19-8-4-16(22)5-9-19)21(25)24-14-12-23(13-15-24)17-6-10-18(26-2)11-7-17/h4-11,20H,3,12-15H2,1-2H3/t20-/m1/s1. The van der Waals surface area contributed by atoms with Crippen molar-refractivity contribution in [2.24, 2.45) is 0 Å². The molecule has 27 heavy (non-hydrogen) atoms. The van der Waals surface area contributed by atoms with Crippen LogP contribution in [0.15, 0.2) is 48.5 Å². The maximum atomic E-state index is 12.9. The van der Waals surface area contributed by atoms with Crippen molar-refractivity contribution in [2.75, 3.05) is 38.2 Å². The van der Waals surface area contributed by atoms with Crippen molar-refractivity contribution in [1.82, 2.24) is 4.90 Å². The molecule has 0 aromatic heterocycles. The van der Waals surface area contributed by atoms with Crippen LogP contribution in [0.5, 0.6) is 11.5 Å². The second-order valence-corrected chi connectivity index (χ2v) is 6.92. The molecule has 144 valence electrons. The first-order valence-corrected chi connectivity index (χ1v) is 9.58. The molecule has 1 aliphatic rings. The van der Waals surface area contributed by atoms with Gasteiger partial charge >= 0.3 is 0 Å². The number of anilines is 1. The molecule has 1 aliphatic heterocycles. The van der Waals surface area contributed by atoms with Crippen LogP contribution in [0.2, 0.25) is 5.02 Å². The quantitative estimate of drug-likeness (QED) is 0.753. The molecule has 0 bridgehead atoms. The first-order valence-electron chi connectivity index (χ1n) is 9.20. The van der Waals surface area contributed by atoms with Gasteiger partial charge in [-0.15, -0.1) is 0 Å². The fourth-order valence-electron chi connectivity index (χ4n) is 3.17. The molecule has 0 aliphatic carbocycles. The maximum absolute atomic E-state index is 12.9. The van der Waals surface area contributed by atoms with Crippen LogP contribution in [0, 0.1) is 0 Å². The molecule has 3 rings (SSSR count). The van der Waals surface area contributed by atoms with Crippen LogP contribution < -0.4 is 14.4 Å². The molecule has 2 aromatic carbocycles. The minimum Gasteiger partial charge on any atom is -0.497 e. The van der Waals surface area contributed by atoms with Crippen LogP contribution in [-0.2, 0) is 4.79 Å². The number of nitrogens with zero attached hydrogens (tertiary/aromatic N) is 2. The van der Waals surface area contributed by atoms with E-state index in [1.54, 1.807) is 31.4 Å². The summed E-state index contributed by atoms with van der Waals surface area (Å²) in [6, 6.07) is 15.1. The van der Waals surface area contributed by atoms with Gasteiger partial charge in [0.05, 0.1) is 7.11 Å². The lowest BCUT2D eigenvalue weighted by atomic mass is 10.2. The molecule has 1 fully saturated rings. The minimum atomic E-state index is -0.473. The molecule has 6 heteroatoms. The Balaban J connectivity index is 1.56. The number of amides is 1. The highest BCUT2D eigenvalue weighted by atomic mass is 35.5. The zero-order valence-electron chi connectivity index (χ0n) is 15.7. The lowest BCUT2D eigenvalue weighted by molar-refractivity contribution is -0.139. The maximum Gasteiger partial charge on any atom is 0.263 e. The Morgan fingerprint density at radius 3 is 2.15 bits per heavy atom. The van der Waals surface area contributed by atoms with Gasteiger partial charge in [-0.05, 0) is 55.0 Å². The van der Waals surface area contributed by atoms with Crippen molar-refractivity contribution >= 4 is 23.2 Å². The number of hydrogen-bond donors (Lipinski definition) is 0. The number of piperazine rings is 1. The Morgan fingerprint density at radius 2 is 1.59 bits per heavy atom. The zero-order chi connectivity index (χ0) is 19.2. The Hall–Kier alpha value is -2.40. The van der Waals surface area contributed by atoms with E-state index in [4.69, 9.17) is 21.1 Å². The fourth-order valence-corrected chi connectivity index (χ4v) is 3.29. The van der Waals surface area contributed by atoms with E-state index in [2.05, 4.69) is 17.0 Å². The second-order valence-electron chi connectivity index (χ2n) is 6.48.